The lowest BCUT2D eigenvalue weighted by atomic mass is 9.85. The van der Waals surface area contributed by atoms with Gasteiger partial charge in [-0.05, 0) is 149 Å². The summed E-state index contributed by atoms with van der Waals surface area (Å²) < 4.78 is 0. The molecule has 0 radical (unpaired) electrons. The topological polar surface area (TPSA) is 0 Å². The van der Waals surface area contributed by atoms with Gasteiger partial charge in [0.15, 0.2) is 0 Å². The lowest BCUT2D eigenvalue weighted by Gasteiger charge is -2.19. The summed E-state index contributed by atoms with van der Waals surface area (Å²) in [4.78, 5) is 0. The molecule has 0 N–H and O–H groups in total. The molecule has 0 saturated carbocycles. The highest BCUT2D eigenvalue weighted by molar-refractivity contribution is 6.25. The Morgan fingerprint density at radius 3 is 0.984 bits per heavy atom. The molecule has 0 heterocycles. The summed E-state index contributed by atoms with van der Waals surface area (Å²) in [5, 5.41) is 17.8. The van der Waals surface area contributed by atoms with Crippen LogP contribution in [0.1, 0.15) is 0 Å². The molecule has 0 spiro atoms. The fraction of sp³-hybridized carbons (Fsp3) is 0. The zero-order valence-electron chi connectivity index (χ0n) is 33.9. The van der Waals surface area contributed by atoms with Crippen molar-refractivity contribution < 1.29 is 0 Å². The van der Waals surface area contributed by atoms with E-state index < -0.39 is 0 Å². The van der Waals surface area contributed by atoms with Crippen molar-refractivity contribution in [3.63, 3.8) is 0 Å². The van der Waals surface area contributed by atoms with Crippen LogP contribution in [0.2, 0.25) is 0 Å². The molecular weight excluding hydrogens is 745 g/mol. The van der Waals surface area contributed by atoms with Gasteiger partial charge in [-0.2, -0.15) is 0 Å². The SMILES string of the molecule is c1ccc2c(-c3ccc(-c4cc(-c5ccc(-c6cccc7ccccc67)c6ccccc56)cc(-c5ccc6ccc7cccc8ccc5c6c78)c4)c4ccccc34)cccc2c1. The van der Waals surface area contributed by atoms with Gasteiger partial charge in [0, 0.05) is 0 Å². The van der Waals surface area contributed by atoms with Crippen molar-refractivity contribution in [3.05, 3.63) is 231 Å². The van der Waals surface area contributed by atoms with Crippen molar-refractivity contribution in [1.82, 2.24) is 0 Å². The van der Waals surface area contributed by atoms with Crippen LogP contribution in [0.3, 0.4) is 0 Å². The molecule has 286 valence electrons. The van der Waals surface area contributed by atoms with Gasteiger partial charge in [0.05, 0.1) is 0 Å². The number of hydrogen-bond donors (Lipinski definition) is 0. The van der Waals surface area contributed by atoms with Crippen molar-refractivity contribution in [2.75, 3.05) is 0 Å². The highest BCUT2D eigenvalue weighted by Gasteiger charge is 2.18. The third-order valence-electron chi connectivity index (χ3n) is 13.4. The van der Waals surface area contributed by atoms with Crippen LogP contribution in [-0.4, -0.2) is 0 Å². The second-order valence-corrected chi connectivity index (χ2v) is 16.7. The first-order chi connectivity index (χ1) is 30.7. The Morgan fingerprint density at radius 2 is 0.468 bits per heavy atom. The molecule has 13 aromatic rings. The maximum Gasteiger partial charge on any atom is -0.00206 e. The van der Waals surface area contributed by atoms with E-state index in [1.807, 2.05) is 0 Å². The maximum atomic E-state index is 2.43. The summed E-state index contributed by atoms with van der Waals surface area (Å²) in [6, 6.07) is 85.9. The molecule has 0 aliphatic rings. The van der Waals surface area contributed by atoms with Crippen LogP contribution in [-0.2, 0) is 0 Å². The third-order valence-corrected chi connectivity index (χ3v) is 13.4. The Bertz CT molecular complexity index is 3720. The van der Waals surface area contributed by atoms with E-state index in [0.717, 1.165) is 0 Å². The number of fused-ring (bicyclic) bond motifs is 4. The number of benzene rings is 13. The molecule has 0 bridgehead atoms. The molecule has 0 aliphatic heterocycles. The zero-order valence-corrected chi connectivity index (χ0v) is 33.9. The van der Waals surface area contributed by atoms with Crippen molar-refractivity contribution >= 4 is 75.4 Å². The molecule has 0 fully saturated rings. The molecule has 0 nitrogen and oxygen atoms in total. The molecule has 0 atom stereocenters. The highest BCUT2D eigenvalue weighted by atomic mass is 14.2. The van der Waals surface area contributed by atoms with E-state index in [4.69, 9.17) is 0 Å². The normalized spacial score (nSPS) is 11.9. The van der Waals surface area contributed by atoms with E-state index in [9.17, 15) is 0 Å². The van der Waals surface area contributed by atoms with Crippen molar-refractivity contribution in [2.45, 2.75) is 0 Å². The van der Waals surface area contributed by atoms with Crippen LogP contribution in [0.4, 0.5) is 0 Å². The van der Waals surface area contributed by atoms with Crippen LogP contribution in [0.5, 0.6) is 0 Å². The monoisotopic (exact) mass is 782 g/mol. The van der Waals surface area contributed by atoms with Gasteiger partial charge in [-0.3, -0.25) is 0 Å². The predicted molar refractivity (Wildman–Crippen MR) is 267 cm³/mol. The summed E-state index contributed by atoms with van der Waals surface area (Å²) in [6.07, 6.45) is 0. The Kier molecular flexibility index (Phi) is 7.71. The Hall–Kier alpha value is -8.06. The van der Waals surface area contributed by atoms with E-state index in [2.05, 4.69) is 231 Å². The van der Waals surface area contributed by atoms with E-state index in [1.165, 1.54) is 131 Å². The Morgan fingerprint density at radius 1 is 0.161 bits per heavy atom. The van der Waals surface area contributed by atoms with Gasteiger partial charge < -0.3 is 0 Å². The van der Waals surface area contributed by atoms with Crippen LogP contribution in [0.15, 0.2) is 231 Å². The van der Waals surface area contributed by atoms with Gasteiger partial charge in [-0.25, -0.2) is 0 Å². The molecule has 13 aromatic carbocycles. The predicted octanol–water partition coefficient (Wildman–Crippen LogP) is 17.5. The summed E-state index contributed by atoms with van der Waals surface area (Å²) in [5.74, 6) is 0. The van der Waals surface area contributed by atoms with Crippen molar-refractivity contribution in [3.8, 4) is 55.6 Å². The fourth-order valence-electron chi connectivity index (χ4n) is 10.6. The second-order valence-electron chi connectivity index (χ2n) is 16.7. The van der Waals surface area contributed by atoms with E-state index in [1.54, 1.807) is 0 Å². The summed E-state index contributed by atoms with van der Waals surface area (Å²) >= 11 is 0. The quantitative estimate of drug-likeness (QED) is 0.153. The van der Waals surface area contributed by atoms with Gasteiger partial charge >= 0.3 is 0 Å². The van der Waals surface area contributed by atoms with E-state index in [0.29, 0.717) is 0 Å². The standard InChI is InChI=1S/C62H38/c1-3-18-47-39(12-1)14-10-24-54(47)58-34-32-49(52-20-5-7-22-56(52)58)44-36-45(38-46(37-44)51-30-28-43-27-26-41-16-9-17-42-29-31-60(51)62(43)61(41)42)50-33-35-59(57-23-8-6-21-53(50)57)55-25-11-15-40-13-2-4-19-48(40)55/h1-38H. The Labute approximate surface area is 359 Å². The minimum Gasteiger partial charge on any atom is -0.0616 e. The molecule has 0 amide bonds. The average Bonchev–Trinajstić information content (AvgIpc) is 3.34. The fourth-order valence-corrected chi connectivity index (χ4v) is 10.6. The molecular formula is C62H38. The first-order valence-electron chi connectivity index (χ1n) is 21.6. The van der Waals surface area contributed by atoms with Gasteiger partial charge in [0.25, 0.3) is 0 Å². The first kappa shape index (κ1) is 34.8. The molecule has 0 heteroatoms. The number of hydrogen-bond acceptors (Lipinski definition) is 0. The zero-order chi connectivity index (χ0) is 40.7. The molecule has 13 rings (SSSR count). The maximum absolute atomic E-state index is 2.43. The van der Waals surface area contributed by atoms with Crippen LogP contribution < -0.4 is 0 Å². The van der Waals surface area contributed by atoms with Crippen molar-refractivity contribution in [2.24, 2.45) is 0 Å². The third kappa shape index (κ3) is 5.34. The average molecular weight is 783 g/mol. The molecule has 62 heavy (non-hydrogen) atoms. The van der Waals surface area contributed by atoms with Crippen LogP contribution >= 0.6 is 0 Å². The second kappa shape index (κ2) is 13.7. The molecule has 0 aromatic heterocycles. The molecule has 0 saturated heterocycles. The summed E-state index contributed by atoms with van der Waals surface area (Å²) in [5.41, 5.74) is 12.3. The van der Waals surface area contributed by atoms with Crippen molar-refractivity contribution in [1.29, 1.82) is 0 Å². The highest BCUT2D eigenvalue weighted by Crippen LogP contribution is 2.45. The van der Waals surface area contributed by atoms with Gasteiger partial charge in [0.1, 0.15) is 0 Å². The summed E-state index contributed by atoms with van der Waals surface area (Å²) in [7, 11) is 0. The lowest BCUT2D eigenvalue weighted by Crippen LogP contribution is -1.92. The minimum absolute atomic E-state index is 1.20. The van der Waals surface area contributed by atoms with Gasteiger partial charge in [-0.1, -0.05) is 212 Å². The van der Waals surface area contributed by atoms with Crippen LogP contribution in [0.25, 0.3) is 131 Å². The van der Waals surface area contributed by atoms with Gasteiger partial charge in [0.2, 0.25) is 0 Å². The molecule has 0 aliphatic carbocycles. The summed E-state index contributed by atoms with van der Waals surface area (Å²) in [6.45, 7) is 0. The first-order valence-corrected chi connectivity index (χ1v) is 21.6. The van der Waals surface area contributed by atoms with E-state index >= 15 is 0 Å². The Balaban J connectivity index is 1.08. The van der Waals surface area contributed by atoms with E-state index in [-0.39, 0.29) is 0 Å². The van der Waals surface area contributed by atoms with Crippen LogP contribution in [0, 0.1) is 0 Å². The van der Waals surface area contributed by atoms with Gasteiger partial charge in [-0.15, -0.1) is 0 Å². The lowest BCUT2D eigenvalue weighted by molar-refractivity contribution is 1.60. The number of rotatable bonds is 5. The minimum atomic E-state index is 1.20. The smallest absolute Gasteiger partial charge is 0.00206 e. The molecule has 0 unspecified atom stereocenters. The largest absolute Gasteiger partial charge is 0.0616 e.